The molecular weight excluding hydrogens is 126 g/mol. The van der Waals surface area contributed by atoms with E-state index in [1.54, 1.807) is 7.11 Å². The van der Waals surface area contributed by atoms with Crippen LogP contribution in [0.25, 0.3) is 0 Å². The number of rotatable bonds is 5. The monoisotopic (exact) mass is 143 g/mol. The van der Waals surface area contributed by atoms with E-state index in [9.17, 15) is 0 Å². The van der Waals surface area contributed by atoms with Crippen LogP contribution < -0.4 is 0 Å². The lowest BCUT2D eigenvalue weighted by molar-refractivity contribution is 0.0827. The minimum atomic E-state index is 0.702. The Morgan fingerprint density at radius 2 is 2.20 bits per heavy atom. The van der Waals surface area contributed by atoms with E-state index in [1.807, 2.05) is 14.0 Å². The summed E-state index contributed by atoms with van der Waals surface area (Å²) in [4.78, 5) is 2.12. The van der Waals surface area contributed by atoms with Crippen LogP contribution in [0.4, 0.5) is 0 Å². The zero-order valence-electron chi connectivity index (χ0n) is 7.18. The molecule has 0 heterocycles. The minimum absolute atomic E-state index is 0.702. The first-order valence-electron chi connectivity index (χ1n) is 3.48. The van der Waals surface area contributed by atoms with E-state index in [4.69, 9.17) is 4.74 Å². The maximum Gasteiger partial charge on any atom is 0.0984 e. The molecule has 0 spiro atoms. The molecule has 0 fully saturated rings. The Bertz CT molecular complexity index is 101. The molecule has 0 saturated carbocycles. The predicted molar refractivity (Wildman–Crippen MR) is 43.9 cm³/mol. The highest BCUT2D eigenvalue weighted by Crippen LogP contribution is 1.96. The summed E-state index contributed by atoms with van der Waals surface area (Å²) in [6.45, 7) is 7.59. The van der Waals surface area contributed by atoms with E-state index in [1.165, 1.54) is 5.57 Å². The SMILES string of the molecule is C=C(C)CCN(C)COC. The molecule has 0 aliphatic rings. The van der Waals surface area contributed by atoms with E-state index in [0.717, 1.165) is 13.0 Å². The summed E-state index contributed by atoms with van der Waals surface area (Å²) < 4.78 is 4.93. The third kappa shape index (κ3) is 5.79. The third-order valence-corrected chi connectivity index (χ3v) is 1.27. The van der Waals surface area contributed by atoms with Crippen molar-refractivity contribution in [2.24, 2.45) is 0 Å². The molecule has 0 rings (SSSR count). The molecule has 2 heteroatoms. The van der Waals surface area contributed by atoms with Crippen LogP contribution in [0.2, 0.25) is 0 Å². The van der Waals surface area contributed by atoms with Crippen LogP contribution in [0, 0.1) is 0 Å². The van der Waals surface area contributed by atoms with Crippen LogP contribution in [0.5, 0.6) is 0 Å². The highest BCUT2D eigenvalue weighted by atomic mass is 16.5. The molecule has 0 unspecified atom stereocenters. The smallest absolute Gasteiger partial charge is 0.0984 e. The van der Waals surface area contributed by atoms with Gasteiger partial charge in [0.05, 0.1) is 6.73 Å². The molecule has 0 saturated heterocycles. The van der Waals surface area contributed by atoms with Gasteiger partial charge in [-0.2, -0.15) is 0 Å². The number of nitrogens with zero attached hydrogens (tertiary/aromatic N) is 1. The van der Waals surface area contributed by atoms with Crippen LogP contribution in [-0.4, -0.2) is 32.3 Å². The summed E-state index contributed by atoms with van der Waals surface area (Å²) in [6, 6.07) is 0. The zero-order valence-corrected chi connectivity index (χ0v) is 7.18. The summed E-state index contributed by atoms with van der Waals surface area (Å²) >= 11 is 0. The summed E-state index contributed by atoms with van der Waals surface area (Å²) in [6.07, 6.45) is 1.06. The summed E-state index contributed by atoms with van der Waals surface area (Å²) in [5.74, 6) is 0. The predicted octanol–water partition coefficient (Wildman–Crippen LogP) is 1.49. The Kier molecular flexibility index (Phi) is 5.26. The van der Waals surface area contributed by atoms with Crippen molar-refractivity contribution in [1.82, 2.24) is 4.90 Å². The average molecular weight is 143 g/mol. The molecular formula is C8H17NO. The highest BCUT2D eigenvalue weighted by Gasteiger charge is 1.94. The lowest BCUT2D eigenvalue weighted by Crippen LogP contribution is -2.21. The second-order valence-electron chi connectivity index (χ2n) is 2.70. The van der Waals surface area contributed by atoms with E-state index < -0.39 is 0 Å². The van der Waals surface area contributed by atoms with Gasteiger partial charge in [0, 0.05) is 13.7 Å². The first kappa shape index (κ1) is 9.66. The van der Waals surface area contributed by atoms with E-state index in [0.29, 0.717) is 6.73 Å². The molecule has 0 aromatic rings. The molecule has 10 heavy (non-hydrogen) atoms. The van der Waals surface area contributed by atoms with Gasteiger partial charge in [-0.05, 0) is 20.4 Å². The Labute approximate surface area is 63.5 Å². The van der Waals surface area contributed by atoms with Crippen molar-refractivity contribution >= 4 is 0 Å². The molecule has 0 aromatic carbocycles. The van der Waals surface area contributed by atoms with Crippen molar-refractivity contribution in [3.63, 3.8) is 0 Å². The molecule has 0 atom stereocenters. The zero-order chi connectivity index (χ0) is 7.98. The number of methoxy groups -OCH3 is 1. The fourth-order valence-corrected chi connectivity index (χ4v) is 0.667. The molecule has 0 aromatic heterocycles. The molecule has 0 N–H and O–H groups in total. The molecule has 60 valence electrons. The fourth-order valence-electron chi connectivity index (χ4n) is 0.667. The van der Waals surface area contributed by atoms with Gasteiger partial charge in [0.2, 0.25) is 0 Å². The van der Waals surface area contributed by atoms with Gasteiger partial charge in [-0.3, -0.25) is 4.90 Å². The second kappa shape index (κ2) is 5.45. The number of hydrogen-bond donors (Lipinski definition) is 0. The Morgan fingerprint density at radius 1 is 1.60 bits per heavy atom. The summed E-state index contributed by atoms with van der Waals surface area (Å²) in [5.41, 5.74) is 1.22. The normalized spacial score (nSPS) is 10.4. The minimum Gasteiger partial charge on any atom is -0.369 e. The third-order valence-electron chi connectivity index (χ3n) is 1.27. The highest BCUT2D eigenvalue weighted by molar-refractivity contribution is 4.88. The Morgan fingerprint density at radius 3 is 2.60 bits per heavy atom. The largest absolute Gasteiger partial charge is 0.369 e. The maximum atomic E-state index is 4.93. The fraction of sp³-hybridized carbons (Fsp3) is 0.750. The van der Waals surface area contributed by atoms with Gasteiger partial charge < -0.3 is 4.74 Å². The van der Waals surface area contributed by atoms with Crippen LogP contribution in [0.15, 0.2) is 12.2 Å². The van der Waals surface area contributed by atoms with Gasteiger partial charge in [0.15, 0.2) is 0 Å². The van der Waals surface area contributed by atoms with Crippen LogP contribution in [0.1, 0.15) is 13.3 Å². The van der Waals surface area contributed by atoms with Crippen molar-refractivity contribution in [3.8, 4) is 0 Å². The number of ether oxygens (including phenoxy) is 1. The van der Waals surface area contributed by atoms with Gasteiger partial charge in [-0.1, -0.05) is 5.57 Å². The van der Waals surface area contributed by atoms with Gasteiger partial charge in [0.1, 0.15) is 0 Å². The first-order valence-corrected chi connectivity index (χ1v) is 3.48. The quantitative estimate of drug-likeness (QED) is 0.427. The van der Waals surface area contributed by atoms with Crippen LogP contribution >= 0.6 is 0 Å². The van der Waals surface area contributed by atoms with Crippen LogP contribution in [-0.2, 0) is 4.74 Å². The van der Waals surface area contributed by atoms with Gasteiger partial charge in [-0.15, -0.1) is 6.58 Å². The van der Waals surface area contributed by atoms with Crippen molar-refractivity contribution < 1.29 is 4.74 Å². The Balaban J connectivity index is 3.21. The molecule has 0 radical (unpaired) electrons. The van der Waals surface area contributed by atoms with Crippen molar-refractivity contribution in [2.45, 2.75) is 13.3 Å². The van der Waals surface area contributed by atoms with Crippen molar-refractivity contribution in [1.29, 1.82) is 0 Å². The van der Waals surface area contributed by atoms with Gasteiger partial charge >= 0.3 is 0 Å². The Hall–Kier alpha value is -0.340. The lowest BCUT2D eigenvalue weighted by atomic mass is 10.2. The number of hydrogen-bond acceptors (Lipinski definition) is 2. The lowest BCUT2D eigenvalue weighted by Gasteiger charge is -2.14. The summed E-state index contributed by atoms with van der Waals surface area (Å²) in [7, 11) is 3.74. The van der Waals surface area contributed by atoms with Crippen LogP contribution in [0.3, 0.4) is 0 Å². The van der Waals surface area contributed by atoms with E-state index >= 15 is 0 Å². The first-order chi connectivity index (χ1) is 4.66. The molecule has 2 nitrogen and oxygen atoms in total. The second-order valence-corrected chi connectivity index (χ2v) is 2.70. The molecule has 0 aliphatic carbocycles. The summed E-state index contributed by atoms with van der Waals surface area (Å²) in [5, 5.41) is 0. The topological polar surface area (TPSA) is 12.5 Å². The maximum absolute atomic E-state index is 4.93. The standard InChI is InChI=1S/C8H17NO/c1-8(2)5-6-9(3)7-10-4/h1,5-7H2,2-4H3. The van der Waals surface area contributed by atoms with Crippen molar-refractivity contribution in [2.75, 3.05) is 27.4 Å². The molecule has 0 bridgehead atoms. The van der Waals surface area contributed by atoms with Gasteiger partial charge in [-0.25, -0.2) is 0 Å². The average Bonchev–Trinajstić information content (AvgIpc) is 1.85. The molecule has 0 aliphatic heterocycles. The van der Waals surface area contributed by atoms with E-state index in [2.05, 4.69) is 11.5 Å². The molecule has 0 amide bonds. The van der Waals surface area contributed by atoms with Gasteiger partial charge in [0.25, 0.3) is 0 Å². The van der Waals surface area contributed by atoms with Crippen molar-refractivity contribution in [3.05, 3.63) is 12.2 Å². The van der Waals surface area contributed by atoms with E-state index in [-0.39, 0.29) is 0 Å².